The van der Waals surface area contributed by atoms with Gasteiger partial charge in [-0.05, 0) is 74.7 Å². The van der Waals surface area contributed by atoms with Crippen LogP contribution in [-0.4, -0.2) is 60.8 Å². The smallest absolute Gasteiger partial charge is 0.237 e. The Kier molecular flexibility index (Phi) is 7.97. The molecule has 1 amide bonds. The first kappa shape index (κ1) is 24.7. The van der Waals surface area contributed by atoms with Gasteiger partial charge in [-0.1, -0.05) is 11.2 Å². The molecule has 1 aliphatic rings. The molecule has 2 atom stereocenters. The number of aromatic nitrogens is 2. The van der Waals surface area contributed by atoms with Gasteiger partial charge in [-0.25, -0.2) is 4.39 Å². The number of hydrogen-bond donors (Lipinski definition) is 1. The van der Waals surface area contributed by atoms with Gasteiger partial charge in [0.05, 0.1) is 26.2 Å². The second kappa shape index (κ2) is 11.3. The maximum absolute atomic E-state index is 13.2. The fourth-order valence-corrected chi connectivity index (χ4v) is 4.36. The molecule has 1 saturated heterocycles. The van der Waals surface area contributed by atoms with Crippen molar-refractivity contribution in [3.63, 3.8) is 0 Å². The highest BCUT2D eigenvalue weighted by atomic mass is 19.1. The Labute approximate surface area is 204 Å². The summed E-state index contributed by atoms with van der Waals surface area (Å²) >= 11 is 0. The van der Waals surface area contributed by atoms with Gasteiger partial charge in [0, 0.05) is 18.7 Å². The van der Waals surface area contributed by atoms with Crippen molar-refractivity contribution in [3.05, 3.63) is 59.7 Å². The van der Waals surface area contributed by atoms with Gasteiger partial charge >= 0.3 is 0 Å². The summed E-state index contributed by atoms with van der Waals surface area (Å²) in [4.78, 5) is 19.5. The maximum atomic E-state index is 13.2. The lowest BCUT2D eigenvalue weighted by molar-refractivity contribution is -0.126. The number of carbonyl (C=O) groups excluding carboxylic acids is 1. The van der Waals surface area contributed by atoms with Crippen molar-refractivity contribution in [3.8, 4) is 22.9 Å². The van der Waals surface area contributed by atoms with Gasteiger partial charge in [0.1, 0.15) is 5.82 Å². The number of methoxy groups -OCH3 is 2. The molecule has 2 heterocycles. The molecule has 1 aliphatic heterocycles. The molecule has 3 aromatic rings. The minimum Gasteiger partial charge on any atom is -0.493 e. The molecule has 2 unspecified atom stereocenters. The molecule has 0 saturated carbocycles. The van der Waals surface area contributed by atoms with Gasteiger partial charge in [-0.2, -0.15) is 4.98 Å². The fourth-order valence-electron chi connectivity index (χ4n) is 4.36. The zero-order valence-electron chi connectivity index (χ0n) is 20.3. The molecule has 186 valence electrons. The summed E-state index contributed by atoms with van der Waals surface area (Å²) < 4.78 is 29.3. The van der Waals surface area contributed by atoms with Crippen molar-refractivity contribution in [2.45, 2.75) is 38.1 Å². The predicted molar refractivity (Wildman–Crippen MR) is 129 cm³/mol. The number of benzene rings is 2. The van der Waals surface area contributed by atoms with E-state index in [-0.39, 0.29) is 23.7 Å². The van der Waals surface area contributed by atoms with Gasteiger partial charge in [0.2, 0.25) is 17.6 Å². The first-order valence-electron chi connectivity index (χ1n) is 11.8. The highest BCUT2D eigenvalue weighted by Crippen LogP contribution is 2.29. The van der Waals surface area contributed by atoms with Gasteiger partial charge in [-0.3, -0.25) is 9.69 Å². The van der Waals surface area contributed by atoms with Crippen LogP contribution in [0.15, 0.2) is 47.0 Å². The van der Waals surface area contributed by atoms with Gasteiger partial charge < -0.3 is 19.3 Å². The van der Waals surface area contributed by atoms with Gasteiger partial charge in [-0.15, -0.1) is 0 Å². The van der Waals surface area contributed by atoms with E-state index in [4.69, 9.17) is 14.0 Å². The molecule has 35 heavy (non-hydrogen) atoms. The van der Waals surface area contributed by atoms with E-state index in [1.807, 2.05) is 25.1 Å². The van der Waals surface area contributed by atoms with Crippen LogP contribution in [-0.2, 0) is 11.2 Å². The van der Waals surface area contributed by atoms with Crippen molar-refractivity contribution < 1.29 is 23.2 Å². The molecule has 0 spiro atoms. The molecular formula is C26H31FN4O4. The summed E-state index contributed by atoms with van der Waals surface area (Å²) in [6, 6.07) is 11.5. The highest BCUT2D eigenvalue weighted by molar-refractivity contribution is 5.81. The lowest BCUT2D eigenvalue weighted by atomic mass is 9.96. The van der Waals surface area contributed by atoms with E-state index < -0.39 is 0 Å². The quantitative estimate of drug-likeness (QED) is 0.496. The lowest BCUT2D eigenvalue weighted by Gasteiger charge is -2.34. The Balaban J connectivity index is 1.30. The number of hydrogen-bond acceptors (Lipinski definition) is 7. The number of ether oxygens (including phenoxy) is 2. The summed E-state index contributed by atoms with van der Waals surface area (Å²) in [6.45, 7) is 3.95. The Morgan fingerprint density at radius 3 is 2.71 bits per heavy atom. The number of rotatable bonds is 9. The SMILES string of the molecule is COc1ccc(CCNC(=O)C(C)N2CCCC(c3nc(-c4ccc(F)cc4)no3)C2)cc1OC. The van der Waals surface area contributed by atoms with E-state index >= 15 is 0 Å². The minimum atomic E-state index is -0.309. The average Bonchev–Trinajstić information content (AvgIpc) is 3.39. The zero-order valence-corrected chi connectivity index (χ0v) is 20.3. The van der Waals surface area contributed by atoms with E-state index in [0.29, 0.717) is 48.3 Å². The molecule has 2 aromatic carbocycles. The molecule has 0 aliphatic carbocycles. The molecule has 0 radical (unpaired) electrons. The molecule has 1 fully saturated rings. The van der Waals surface area contributed by atoms with Crippen molar-refractivity contribution in [1.29, 1.82) is 0 Å². The number of likely N-dealkylation sites (tertiary alicyclic amines) is 1. The van der Waals surface area contributed by atoms with Crippen LogP contribution in [0.5, 0.6) is 11.5 Å². The number of carbonyl (C=O) groups is 1. The second-order valence-electron chi connectivity index (χ2n) is 8.70. The first-order valence-corrected chi connectivity index (χ1v) is 11.8. The van der Waals surface area contributed by atoms with E-state index in [2.05, 4.69) is 20.4 Å². The predicted octanol–water partition coefficient (Wildman–Crippen LogP) is 3.82. The summed E-state index contributed by atoms with van der Waals surface area (Å²) in [5.41, 5.74) is 1.76. The third-order valence-corrected chi connectivity index (χ3v) is 6.43. The standard InChI is InChI=1S/C26H31FN4O4/c1-17(25(32)28-13-12-18-6-11-22(33-2)23(15-18)34-3)31-14-4-5-20(16-31)26-29-24(30-35-26)19-7-9-21(27)10-8-19/h6-11,15,17,20H,4-5,12-14,16H2,1-3H3,(H,28,32). The van der Waals surface area contributed by atoms with Crippen LogP contribution in [0.4, 0.5) is 4.39 Å². The van der Waals surface area contributed by atoms with Crippen LogP contribution in [0.1, 0.15) is 37.1 Å². The monoisotopic (exact) mass is 482 g/mol. The third kappa shape index (κ3) is 5.97. The van der Waals surface area contributed by atoms with Crippen molar-refractivity contribution in [2.24, 2.45) is 0 Å². The largest absolute Gasteiger partial charge is 0.493 e. The van der Waals surface area contributed by atoms with Crippen molar-refractivity contribution in [2.75, 3.05) is 33.9 Å². The zero-order chi connectivity index (χ0) is 24.8. The van der Waals surface area contributed by atoms with E-state index in [1.165, 1.54) is 12.1 Å². The maximum Gasteiger partial charge on any atom is 0.237 e. The minimum absolute atomic E-state index is 0.0105. The van der Waals surface area contributed by atoms with E-state index in [1.54, 1.807) is 26.4 Å². The van der Waals surface area contributed by atoms with Crippen LogP contribution < -0.4 is 14.8 Å². The van der Waals surface area contributed by atoms with Crippen molar-refractivity contribution in [1.82, 2.24) is 20.4 Å². The summed E-state index contributed by atoms with van der Waals surface area (Å²) in [7, 11) is 3.21. The van der Waals surface area contributed by atoms with Crippen LogP contribution in [0.3, 0.4) is 0 Å². The Hall–Kier alpha value is -3.46. The Morgan fingerprint density at radius 1 is 1.20 bits per heavy atom. The summed E-state index contributed by atoms with van der Waals surface area (Å²) in [5.74, 6) is 2.08. The first-order chi connectivity index (χ1) is 17.0. The molecule has 9 heteroatoms. The summed E-state index contributed by atoms with van der Waals surface area (Å²) in [6.07, 6.45) is 2.53. The highest BCUT2D eigenvalue weighted by Gasteiger charge is 2.31. The van der Waals surface area contributed by atoms with E-state index in [0.717, 1.165) is 24.9 Å². The van der Waals surface area contributed by atoms with Crippen molar-refractivity contribution >= 4 is 5.91 Å². The summed E-state index contributed by atoms with van der Waals surface area (Å²) in [5, 5.41) is 7.11. The molecular weight excluding hydrogens is 451 g/mol. The van der Waals surface area contributed by atoms with E-state index in [9.17, 15) is 9.18 Å². The fraction of sp³-hybridized carbons (Fsp3) is 0.423. The Morgan fingerprint density at radius 2 is 1.97 bits per heavy atom. The normalized spacial score (nSPS) is 17.1. The lowest BCUT2D eigenvalue weighted by Crippen LogP contribution is -2.49. The topological polar surface area (TPSA) is 89.7 Å². The molecule has 8 nitrogen and oxygen atoms in total. The molecule has 0 bridgehead atoms. The number of halogens is 1. The van der Waals surface area contributed by atoms with Crippen LogP contribution in [0, 0.1) is 5.82 Å². The van der Waals surface area contributed by atoms with Crippen LogP contribution in [0.2, 0.25) is 0 Å². The number of nitrogens with zero attached hydrogens (tertiary/aromatic N) is 3. The van der Waals surface area contributed by atoms with Crippen LogP contribution >= 0.6 is 0 Å². The van der Waals surface area contributed by atoms with Crippen LogP contribution in [0.25, 0.3) is 11.4 Å². The third-order valence-electron chi connectivity index (χ3n) is 6.43. The average molecular weight is 483 g/mol. The number of amides is 1. The second-order valence-corrected chi connectivity index (χ2v) is 8.70. The molecule has 4 rings (SSSR count). The number of nitrogens with one attached hydrogen (secondary N) is 1. The van der Waals surface area contributed by atoms with Gasteiger partial charge in [0.25, 0.3) is 0 Å². The number of piperidine rings is 1. The molecule has 1 aromatic heterocycles. The molecule has 1 N–H and O–H groups in total. The Bertz CT molecular complexity index is 1130. The van der Waals surface area contributed by atoms with Gasteiger partial charge in [0.15, 0.2) is 11.5 Å².